The summed E-state index contributed by atoms with van der Waals surface area (Å²) in [6.07, 6.45) is 0.918. The average molecular weight is 710 g/mol. The lowest BCUT2D eigenvalue weighted by molar-refractivity contribution is -0.140. The van der Waals surface area contributed by atoms with Gasteiger partial charge < -0.3 is 15.0 Å². The topological polar surface area (TPSA) is 96.0 Å². The number of amides is 2. The molecule has 1 N–H and O–H groups in total. The number of nitrogens with zero attached hydrogens (tertiary/aromatic N) is 2. The van der Waals surface area contributed by atoms with Crippen molar-refractivity contribution in [2.45, 2.75) is 50.2 Å². The van der Waals surface area contributed by atoms with Crippen molar-refractivity contribution >= 4 is 39.1 Å². The van der Waals surface area contributed by atoms with Gasteiger partial charge >= 0.3 is 0 Å². The zero-order chi connectivity index (χ0) is 35.5. The third kappa shape index (κ3) is 9.52. The molecule has 0 radical (unpaired) electrons. The Morgan fingerprint density at radius 2 is 1.30 bits per heavy atom. The molecule has 8 nitrogen and oxygen atoms in total. The predicted octanol–water partition coefficient (Wildman–Crippen LogP) is 7.88. The number of benzene rings is 5. The van der Waals surface area contributed by atoms with Crippen molar-refractivity contribution in [2.24, 2.45) is 0 Å². The zero-order valence-corrected chi connectivity index (χ0v) is 29.6. The number of carbonyl (C=O) groups is 2. The van der Waals surface area contributed by atoms with Gasteiger partial charge in [0.25, 0.3) is 10.0 Å². The molecule has 258 valence electrons. The van der Waals surface area contributed by atoms with Crippen molar-refractivity contribution in [1.82, 2.24) is 10.2 Å². The van der Waals surface area contributed by atoms with Gasteiger partial charge in [-0.2, -0.15) is 0 Å². The van der Waals surface area contributed by atoms with Crippen LogP contribution in [0.3, 0.4) is 0 Å². The van der Waals surface area contributed by atoms with E-state index in [4.69, 9.17) is 16.3 Å². The van der Waals surface area contributed by atoms with Gasteiger partial charge in [0.05, 0.1) is 10.6 Å². The fourth-order valence-electron chi connectivity index (χ4n) is 5.34. The van der Waals surface area contributed by atoms with Crippen LogP contribution in [0, 0.1) is 0 Å². The van der Waals surface area contributed by atoms with Crippen LogP contribution in [0.1, 0.15) is 31.4 Å². The quantitative estimate of drug-likeness (QED) is 0.119. The number of sulfonamides is 1. The number of para-hydroxylation sites is 1. The summed E-state index contributed by atoms with van der Waals surface area (Å²) in [5.74, 6) is 0.245. The molecule has 50 heavy (non-hydrogen) atoms. The molecular formula is C40H40ClN3O5S. The summed E-state index contributed by atoms with van der Waals surface area (Å²) >= 11 is 6.18. The van der Waals surface area contributed by atoms with E-state index in [9.17, 15) is 18.0 Å². The summed E-state index contributed by atoms with van der Waals surface area (Å²) in [7, 11) is -4.23. The van der Waals surface area contributed by atoms with E-state index in [2.05, 4.69) is 5.32 Å². The fraction of sp³-hybridized carbons (Fsp3) is 0.200. The van der Waals surface area contributed by atoms with Crippen LogP contribution in [0.2, 0.25) is 5.02 Å². The Bertz CT molecular complexity index is 1940. The van der Waals surface area contributed by atoms with E-state index in [0.29, 0.717) is 22.9 Å². The number of rotatable bonds is 15. The monoisotopic (exact) mass is 709 g/mol. The van der Waals surface area contributed by atoms with E-state index in [1.165, 1.54) is 17.0 Å². The summed E-state index contributed by atoms with van der Waals surface area (Å²) in [6, 6.07) is 39.1. The third-order valence-electron chi connectivity index (χ3n) is 8.25. The molecule has 0 bridgehead atoms. The maximum atomic E-state index is 14.7. The smallest absolute Gasteiger partial charge is 0.264 e. The SMILES string of the molecule is CC[C@@H](C)NC(=O)[C@H](Cc1ccccc1)N(Cc1ccc(Cl)cc1)C(=O)CN(c1ccc(Oc2ccccc2)cc1)S(=O)(=O)c1ccccc1. The number of hydrogen-bond donors (Lipinski definition) is 1. The molecule has 5 aromatic rings. The highest BCUT2D eigenvalue weighted by molar-refractivity contribution is 7.92. The molecule has 0 aromatic heterocycles. The highest BCUT2D eigenvalue weighted by Gasteiger charge is 2.35. The second-order valence-electron chi connectivity index (χ2n) is 11.9. The lowest BCUT2D eigenvalue weighted by atomic mass is 10.0. The van der Waals surface area contributed by atoms with Crippen molar-refractivity contribution in [3.63, 3.8) is 0 Å². The molecule has 0 aliphatic heterocycles. The molecule has 10 heteroatoms. The van der Waals surface area contributed by atoms with Gasteiger partial charge in [0, 0.05) is 24.0 Å². The Hall–Kier alpha value is -5.12. The summed E-state index contributed by atoms with van der Waals surface area (Å²) in [4.78, 5) is 30.2. The van der Waals surface area contributed by atoms with Gasteiger partial charge in [-0.15, -0.1) is 0 Å². The maximum Gasteiger partial charge on any atom is 0.264 e. The minimum atomic E-state index is -4.23. The second-order valence-corrected chi connectivity index (χ2v) is 14.2. The van der Waals surface area contributed by atoms with Crippen LogP contribution in [0.15, 0.2) is 144 Å². The molecule has 5 rings (SSSR count). The van der Waals surface area contributed by atoms with Crippen LogP contribution < -0.4 is 14.4 Å². The summed E-state index contributed by atoms with van der Waals surface area (Å²) in [6.45, 7) is 3.36. The minimum Gasteiger partial charge on any atom is -0.457 e. The zero-order valence-electron chi connectivity index (χ0n) is 28.0. The molecule has 2 amide bonds. The molecule has 0 saturated carbocycles. The first-order valence-corrected chi connectivity index (χ1v) is 18.2. The van der Waals surface area contributed by atoms with Gasteiger partial charge in [0.15, 0.2) is 0 Å². The van der Waals surface area contributed by atoms with Crippen molar-refractivity contribution in [2.75, 3.05) is 10.8 Å². The van der Waals surface area contributed by atoms with Crippen molar-refractivity contribution in [1.29, 1.82) is 0 Å². The van der Waals surface area contributed by atoms with Gasteiger partial charge in [-0.25, -0.2) is 8.42 Å². The lowest BCUT2D eigenvalue weighted by Gasteiger charge is -2.34. The number of anilines is 1. The Kier molecular flexibility index (Phi) is 12.3. The second kappa shape index (κ2) is 17.0. The molecule has 0 fully saturated rings. The molecule has 0 aliphatic carbocycles. The van der Waals surface area contributed by atoms with Gasteiger partial charge in [-0.05, 0) is 85.1 Å². The van der Waals surface area contributed by atoms with E-state index in [-0.39, 0.29) is 35.5 Å². The molecule has 0 heterocycles. The van der Waals surface area contributed by atoms with E-state index >= 15 is 0 Å². The van der Waals surface area contributed by atoms with Crippen molar-refractivity contribution in [3.8, 4) is 11.5 Å². The van der Waals surface area contributed by atoms with E-state index in [1.54, 1.807) is 66.7 Å². The van der Waals surface area contributed by atoms with Gasteiger partial charge in [-0.3, -0.25) is 13.9 Å². The molecule has 0 aliphatic rings. The first-order chi connectivity index (χ1) is 24.1. The number of hydrogen-bond acceptors (Lipinski definition) is 5. The number of halogens is 1. The van der Waals surface area contributed by atoms with Gasteiger partial charge in [0.1, 0.15) is 24.1 Å². The molecule has 0 saturated heterocycles. The maximum absolute atomic E-state index is 14.7. The first-order valence-electron chi connectivity index (χ1n) is 16.4. The van der Waals surface area contributed by atoms with Crippen LogP contribution in [-0.2, 0) is 32.6 Å². The van der Waals surface area contributed by atoms with Gasteiger partial charge in [0.2, 0.25) is 11.8 Å². The normalized spacial score (nSPS) is 12.4. The van der Waals surface area contributed by atoms with E-state index in [1.807, 2.05) is 74.5 Å². The Morgan fingerprint density at radius 3 is 1.90 bits per heavy atom. The third-order valence-corrected chi connectivity index (χ3v) is 10.3. The lowest BCUT2D eigenvalue weighted by Crippen LogP contribution is -2.54. The first kappa shape index (κ1) is 36.2. The summed E-state index contributed by atoms with van der Waals surface area (Å²) in [5, 5.41) is 3.58. The highest BCUT2D eigenvalue weighted by Crippen LogP contribution is 2.29. The Balaban J connectivity index is 1.55. The Morgan fingerprint density at radius 1 is 0.740 bits per heavy atom. The molecule has 0 unspecified atom stereocenters. The van der Waals surface area contributed by atoms with Crippen molar-refractivity contribution in [3.05, 3.63) is 156 Å². The van der Waals surface area contributed by atoms with Crippen LogP contribution in [0.4, 0.5) is 5.69 Å². The molecular weight excluding hydrogens is 670 g/mol. The standard InChI is InChI=1S/C40H40ClN3O5S/c1-3-30(2)42-40(46)38(27-31-13-7-4-8-14-31)43(28-32-19-21-33(41)22-20-32)39(45)29-44(50(47,48)37-17-11-6-12-18-37)34-23-25-36(26-24-34)49-35-15-9-5-10-16-35/h4-26,30,38H,3,27-29H2,1-2H3,(H,42,46)/t30-,38+/m1/s1. The molecule has 0 spiro atoms. The number of ether oxygens (including phenoxy) is 1. The van der Waals surface area contributed by atoms with Crippen molar-refractivity contribution < 1.29 is 22.7 Å². The molecule has 5 aromatic carbocycles. The summed E-state index contributed by atoms with van der Waals surface area (Å²) < 4.78 is 35.6. The minimum absolute atomic E-state index is 0.0250. The van der Waals surface area contributed by atoms with E-state index in [0.717, 1.165) is 15.4 Å². The molecule has 2 atom stereocenters. The van der Waals surface area contributed by atoms with Crippen LogP contribution in [0.5, 0.6) is 11.5 Å². The number of carbonyl (C=O) groups excluding carboxylic acids is 2. The fourth-order valence-corrected chi connectivity index (χ4v) is 6.90. The van der Waals surface area contributed by atoms with Crippen LogP contribution in [0.25, 0.3) is 0 Å². The highest BCUT2D eigenvalue weighted by atomic mass is 35.5. The predicted molar refractivity (Wildman–Crippen MR) is 198 cm³/mol. The number of nitrogens with one attached hydrogen (secondary N) is 1. The van der Waals surface area contributed by atoms with Crippen LogP contribution >= 0.6 is 11.6 Å². The van der Waals surface area contributed by atoms with E-state index < -0.39 is 28.5 Å². The Labute approximate surface area is 299 Å². The summed E-state index contributed by atoms with van der Waals surface area (Å²) in [5.41, 5.74) is 1.85. The van der Waals surface area contributed by atoms with Gasteiger partial charge in [-0.1, -0.05) is 97.4 Å². The van der Waals surface area contributed by atoms with Crippen LogP contribution in [-0.4, -0.2) is 43.8 Å². The average Bonchev–Trinajstić information content (AvgIpc) is 3.14. The largest absolute Gasteiger partial charge is 0.457 e.